The molecule has 2 rings (SSSR count). The van der Waals surface area contributed by atoms with Crippen molar-refractivity contribution in [3.63, 3.8) is 0 Å². The average Bonchev–Trinajstić information content (AvgIpc) is 2.68. The van der Waals surface area contributed by atoms with Crippen LogP contribution in [0.15, 0.2) is 18.5 Å². The molecule has 0 spiro atoms. The lowest BCUT2D eigenvalue weighted by Gasteiger charge is -2.18. The van der Waals surface area contributed by atoms with Gasteiger partial charge in [-0.3, -0.25) is 9.78 Å². The fourth-order valence-electron chi connectivity index (χ4n) is 2.62. The summed E-state index contributed by atoms with van der Waals surface area (Å²) in [5.41, 5.74) is 1.78. The number of aromatic nitrogens is 1. The van der Waals surface area contributed by atoms with Crippen molar-refractivity contribution >= 4 is 11.6 Å². The number of amides is 1. The summed E-state index contributed by atoms with van der Waals surface area (Å²) < 4.78 is 0. The Bertz CT molecular complexity index is 442. The zero-order valence-electron chi connectivity index (χ0n) is 11.3. The molecule has 1 aromatic heterocycles. The lowest BCUT2D eigenvalue weighted by molar-refractivity contribution is 0.0936. The summed E-state index contributed by atoms with van der Waals surface area (Å²) in [5.74, 6) is -0.0323. The predicted octanol–water partition coefficient (Wildman–Crippen LogP) is 2.43. The lowest BCUT2D eigenvalue weighted by Crippen LogP contribution is -2.34. The first-order chi connectivity index (χ1) is 8.52. The molecule has 18 heavy (non-hydrogen) atoms. The quantitative estimate of drug-likeness (QED) is 0.862. The molecule has 0 radical (unpaired) electrons. The van der Waals surface area contributed by atoms with Crippen LogP contribution in [0.5, 0.6) is 0 Å². The standard InChI is InChI=1S/C14H21N3O/c1-14(2)6-4-10(8-14)17-13(18)11-9-16-7-5-12(11)15-3/h5,7,9-10H,4,6,8H2,1-3H3,(H,15,16)(H,17,18). The van der Waals surface area contributed by atoms with Gasteiger partial charge in [0.15, 0.2) is 0 Å². The van der Waals surface area contributed by atoms with E-state index in [4.69, 9.17) is 0 Å². The Morgan fingerprint density at radius 2 is 2.28 bits per heavy atom. The van der Waals surface area contributed by atoms with E-state index in [2.05, 4.69) is 29.5 Å². The molecule has 1 fully saturated rings. The Morgan fingerprint density at radius 3 is 2.89 bits per heavy atom. The molecule has 2 N–H and O–H groups in total. The summed E-state index contributed by atoms with van der Waals surface area (Å²) in [5, 5.41) is 6.12. The van der Waals surface area contributed by atoms with Crippen LogP contribution in [0.2, 0.25) is 0 Å². The van der Waals surface area contributed by atoms with E-state index in [-0.39, 0.29) is 11.9 Å². The van der Waals surface area contributed by atoms with Crippen molar-refractivity contribution in [2.45, 2.75) is 39.2 Å². The maximum atomic E-state index is 12.2. The normalized spacial score (nSPS) is 21.6. The second-order valence-corrected chi connectivity index (χ2v) is 5.75. The van der Waals surface area contributed by atoms with E-state index in [0.717, 1.165) is 18.5 Å². The Balaban J connectivity index is 2.04. The average molecular weight is 247 g/mol. The summed E-state index contributed by atoms with van der Waals surface area (Å²) >= 11 is 0. The molecule has 1 amide bonds. The van der Waals surface area contributed by atoms with E-state index in [0.29, 0.717) is 11.0 Å². The molecule has 0 aliphatic heterocycles. The highest BCUT2D eigenvalue weighted by atomic mass is 16.1. The number of nitrogens with one attached hydrogen (secondary N) is 2. The van der Waals surface area contributed by atoms with Crippen LogP contribution in [0, 0.1) is 5.41 Å². The molecule has 98 valence electrons. The van der Waals surface area contributed by atoms with Crippen LogP contribution < -0.4 is 10.6 Å². The van der Waals surface area contributed by atoms with E-state index in [1.54, 1.807) is 12.4 Å². The van der Waals surface area contributed by atoms with Crippen LogP contribution >= 0.6 is 0 Å². The smallest absolute Gasteiger partial charge is 0.255 e. The van der Waals surface area contributed by atoms with Gasteiger partial charge in [-0.15, -0.1) is 0 Å². The molecule has 1 aliphatic carbocycles. The predicted molar refractivity (Wildman–Crippen MR) is 72.7 cm³/mol. The molecule has 4 heteroatoms. The molecule has 1 aliphatic rings. The second kappa shape index (κ2) is 4.96. The highest BCUT2D eigenvalue weighted by molar-refractivity contribution is 5.99. The van der Waals surface area contributed by atoms with Gasteiger partial charge in [-0.1, -0.05) is 13.8 Å². The second-order valence-electron chi connectivity index (χ2n) is 5.75. The third-order valence-corrected chi connectivity index (χ3v) is 3.64. The van der Waals surface area contributed by atoms with E-state index in [1.807, 2.05) is 13.1 Å². The molecule has 1 atom stereocenters. The summed E-state index contributed by atoms with van der Waals surface area (Å²) in [4.78, 5) is 16.2. The Labute approximate surface area is 108 Å². The highest BCUT2D eigenvalue weighted by Crippen LogP contribution is 2.37. The fraction of sp³-hybridized carbons (Fsp3) is 0.571. The topological polar surface area (TPSA) is 54.0 Å². The van der Waals surface area contributed by atoms with Crippen molar-refractivity contribution in [2.24, 2.45) is 5.41 Å². The zero-order chi connectivity index (χ0) is 13.2. The minimum absolute atomic E-state index is 0.0323. The van der Waals surface area contributed by atoms with Crippen LogP contribution in [0.1, 0.15) is 43.5 Å². The van der Waals surface area contributed by atoms with Crippen LogP contribution in [0.25, 0.3) is 0 Å². The number of hydrogen-bond donors (Lipinski definition) is 2. The fourth-order valence-corrected chi connectivity index (χ4v) is 2.62. The van der Waals surface area contributed by atoms with Crippen molar-refractivity contribution in [1.82, 2.24) is 10.3 Å². The van der Waals surface area contributed by atoms with Crippen molar-refractivity contribution < 1.29 is 4.79 Å². The maximum Gasteiger partial charge on any atom is 0.255 e. The molecule has 1 saturated carbocycles. The number of carbonyl (C=O) groups is 1. The van der Waals surface area contributed by atoms with Crippen LogP contribution in [-0.4, -0.2) is 24.0 Å². The van der Waals surface area contributed by atoms with Crippen molar-refractivity contribution in [2.75, 3.05) is 12.4 Å². The van der Waals surface area contributed by atoms with Gasteiger partial charge in [0.05, 0.1) is 5.56 Å². The first-order valence-electron chi connectivity index (χ1n) is 6.44. The Morgan fingerprint density at radius 1 is 1.50 bits per heavy atom. The summed E-state index contributed by atoms with van der Waals surface area (Å²) in [6, 6.07) is 2.10. The summed E-state index contributed by atoms with van der Waals surface area (Å²) in [7, 11) is 1.81. The van der Waals surface area contributed by atoms with Gasteiger partial charge in [0.1, 0.15) is 0 Å². The molecule has 1 aromatic rings. The lowest BCUT2D eigenvalue weighted by atomic mass is 9.92. The largest absolute Gasteiger partial charge is 0.387 e. The SMILES string of the molecule is CNc1ccncc1C(=O)NC1CCC(C)(C)C1. The van der Waals surface area contributed by atoms with Crippen LogP contribution in [0.4, 0.5) is 5.69 Å². The van der Waals surface area contributed by atoms with E-state index >= 15 is 0 Å². The summed E-state index contributed by atoms with van der Waals surface area (Å²) in [6.07, 6.45) is 6.58. The molecule has 0 saturated heterocycles. The monoisotopic (exact) mass is 247 g/mol. The van der Waals surface area contributed by atoms with Gasteiger partial charge in [-0.2, -0.15) is 0 Å². The number of nitrogens with zero attached hydrogens (tertiary/aromatic N) is 1. The van der Waals surface area contributed by atoms with Crippen molar-refractivity contribution in [3.8, 4) is 0 Å². The van der Waals surface area contributed by atoms with E-state index in [9.17, 15) is 4.79 Å². The Kier molecular flexibility index (Phi) is 3.55. The number of rotatable bonds is 3. The third-order valence-electron chi connectivity index (χ3n) is 3.64. The first kappa shape index (κ1) is 12.9. The minimum Gasteiger partial charge on any atom is -0.387 e. The van der Waals surface area contributed by atoms with Gasteiger partial charge in [0.25, 0.3) is 5.91 Å². The zero-order valence-corrected chi connectivity index (χ0v) is 11.3. The van der Waals surface area contributed by atoms with Gasteiger partial charge in [0, 0.05) is 31.2 Å². The molecule has 0 aromatic carbocycles. The highest BCUT2D eigenvalue weighted by Gasteiger charge is 2.32. The minimum atomic E-state index is -0.0323. The van der Waals surface area contributed by atoms with Gasteiger partial charge in [0.2, 0.25) is 0 Å². The molecule has 1 unspecified atom stereocenters. The molecular formula is C14H21N3O. The molecule has 1 heterocycles. The number of carbonyl (C=O) groups excluding carboxylic acids is 1. The van der Waals surface area contributed by atoms with Gasteiger partial charge >= 0.3 is 0 Å². The van der Waals surface area contributed by atoms with E-state index < -0.39 is 0 Å². The van der Waals surface area contributed by atoms with Crippen LogP contribution in [0.3, 0.4) is 0 Å². The van der Waals surface area contributed by atoms with Crippen molar-refractivity contribution in [1.29, 1.82) is 0 Å². The molecular weight excluding hydrogens is 226 g/mol. The van der Waals surface area contributed by atoms with E-state index in [1.165, 1.54) is 6.42 Å². The van der Waals surface area contributed by atoms with Gasteiger partial charge in [-0.05, 0) is 30.7 Å². The Hall–Kier alpha value is -1.58. The maximum absolute atomic E-state index is 12.2. The molecule has 0 bridgehead atoms. The van der Waals surface area contributed by atoms with Crippen molar-refractivity contribution in [3.05, 3.63) is 24.0 Å². The first-order valence-corrected chi connectivity index (χ1v) is 6.44. The summed E-state index contributed by atoms with van der Waals surface area (Å²) in [6.45, 7) is 4.50. The number of anilines is 1. The van der Waals surface area contributed by atoms with Gasteiger partial charge in [-0.25, -0.2) is 0 Å². The number of pyridine rings is 1. The molecule has 4 nitrogen and oxygen atoms in total. The van der Waals surface area contributed by atoms with Crippen LogP contribution in [-0.2, 0) is 0 Å². The number of hydrogen-bond acceptors (Lipinski definition) is 3. The third kappa shape index (κ3) is 2.81. The van der Waals surface area contributed by atoms with Gasteiger partial charge < -0.3 is 10.6 Å².